The van der Waals surface area contributed by atoms with Crippen LogP contribution in [0.1, 0.15) is 36.2 Å². The Morgan fingerprint density at radius 3 is 2.70 bits per heavy atom. The molecule has 0 unspecified atom stereocenters. The van der Waals surface area contributed by atoms with Crippen LogP contribution in [0.25, 0.3) is 22.2 Å². The van der Waals surface area contributed by atoms with Gasteiger partial charge in [-0.05, 0) is 49.9 Å². The van der Waals surface area contributed by atoms with Crippen LogP contribution in [0.4, 0.5) is 4.39 Å². The Morgan fingerprint density at radius 1 is 1.22 bits per heavy atom. The predicted octanol–water partition coefficient (Wildman–Crippen LogP) is 2.81. The predicted molar refractivity (Wildman–Crippen MR) is 99.6 cm³/mol. The van der Waals surface area contributed by atoms with Gasteiger partial charge < -0.3 is 10.4 Å². The van der Waals surface area contributed by atoms with Crippen molar-refractivity contribution >= 4 is 16.8 Å². The summed E-state index contributed by atoms with van der Waals surface area (Å²) in [5.41, 5.74) is 2.17. The summed E-state index contributed by atoms with van der Waals surface area (Å²) in [5, 5.41) is 17.4. The first-order valence-electron chi connectivity index (χ1n) is 9.09. The van der Waals surface area contributed by atoms with Gasteiger partial charge in [-0.25, -0.2) is 4.39 Å². The largest absolute Gasteiger partial charge is 0.393 e. The van der Waals surface area contributed by atoms with Crippen LogP contribution in [-0.2, 0) is 7.05 Å². The standard InChI is InChI=1S/C20H21FN4O2/c1-25-17-4-2-3-15(21)18(17)19(24-25)12-5-10-16(22-11-12)20(27)23-13-6-8-14(26)9-7-13/h2-5,10-11,13-14,26H,6-9H2,1H3,(H,23,27). The number of aromatic nitrogens is 3. The molecular weight excluding hydrogens is 347 g/mol. The number of aliphatic hydroxyl groups is 1. The summed E-state index contributed by atoms with van der Waals surface area (Å²) >= 11 is 0. The van der Waals surface area contributed by atoms with E-state index >= 15 is 0 Å². The number of amides is 1. The first-order valence-corrected chi connectivity index (χ1v) is 9.09. The molecule has 1 saturated carbocycles. The molecule has 0 bridgehead atoms. The molecule has 1 amide bonds. The number of hydrogen-bond acceptors (Lipinski definition) is 4. The highest BCUT2D eigenvalue weighted by Crippen LogP contribution is 2.29. The zero-order valence-electron chi connectivity index (χ0n) is 15.0. The Labute approximate surface area is 156 Å². The van der Waals surface area contributed by atoms with Gasteiger partial charge in [0, 0.05) is 24.8 Å². The van der Waals surface area contributed by atoms with Gasteiger partial charge in [-0.15, -0.1) is 0 Å². The first-order chi connectivity index (χ1) is 13.0. The molecule has 4 rings (SSSR count). The molecule has 2 aromatic heterocycles. The number of halogens is 1. The van der Waals surface area contributed by atoms with Crippen molar-refractivity contribution in [3.63, 3.8) is 0 Å². The molecule has 27 heavy (non-hydrogen) atoms. The van der Waals surface area contributed by atoms with Crippen LogP contribution in [0, 0.1) is 5.82 Å². The third kappa shape index (κ3) is 3.42. The molecule has 6 nitrogen and oxygen atoms in total. The number of carbonyl (C=O) groups is 1. The van der Waals surface area contributed by atoms with Crippen molar-refractivity contribution in [1.29, 1.82) is 0 Å². The molecule has 2 heterocycles. The average Bonchev–Trinajstić information content (AvgIpc) is 3.02. The van der Waals surface area contributed by atoms with E-state index in [9.17, 15) is 14.3 Å². The molecule has 1 aliphatic carbocycles. The monoisotopic (exact) mass is 368 g/mol. The number of rotatable bonds is 3. The second-order valence-electron chi connectivity index (χ2n) is 7.02. The third-order valence-electron chi connectivity index (χ3n) is 5.13. The lowest BCUT2D eigenvalue weighted by molar-refractivity contribution is 0.0863. The van der Waals surface area contributed by atoms with Crippen LogP contribution in [0.15, 0.2) is 36.5 Å². The van der Waals surface area contributed by atoms with Crippen molar-refractivity contribution in [2.24, 2.45) is 7.05 Å². The van der Waals surface area contributed by atoms with Crippen molar-refractivity contribution < 1.29 is 14.3 Å². The van der Waals surface area contributed by atoms with Gasteiger partial charge >= 0.3 is 0 Å². The second-order valence-corrected chi connectivity index (χ2v) is 7.02. The summed E-state index contributed by atoms with van der Waals surface area (Å²) in [4.78, 5) is 16.6. The Hall–Kier alpha value is -2.80. The minimum atomic E-state index is -0.336. The van der Waals surface area contributed by atoms with E-state index in [1.54, 1.807) is 36.1 Å². The molecule has 0 aliphatic heterocycles. The molecule has 0 saturated heterocycles. The highest BCUT2D eigenvalue weighted by molar-refractivity contribution is 5.95. The van der Waals surface area contributed by atoms with Crippen LogP contribution in [0.3, 0.4) is 0 Å². The molecule has 3 aromatic rings. The Morgan fingerprint density at radius 2 is 2.00 bits per heavy atom. The lowest BCUT2D eigenvalue weighted by Gasteiger charge is -2.26. The quantitative estimate of drug-likeness (QED) is 0.745. The van der Waals surface area contributed by atoms with Gasteiger partial charge in [0.25, 0.3) is 5.91 Å². The lowest BCUT2D eigenvalue weighted by Crippen LogP contribution is -2.38. The maximum atomic E-state index is 14.3. The number of aryl methyl sites for hydroxylation is 1. The first kappa shape index (κ1) is 17.6. The van der Waals surface area contributed by atoms with Gasteiger partial charge in [-0.2, -0.15) is 5.10 Å². The van der Waals surface area contributed by atoms with Crippen LogP contribution in [0.5, 0.6) is 0 Å². The summed E-state index contributed by atoms with van der Waals surface area (Å²) in [6.45, 7) is 0. The summed E-state index contributed by atoms with van der Waals surface area (Å²) in [5.74, 6) is -0.572. The Bertz CT molecular complexity index is 976. The summed E-state index contributed by atoms with van der Waals surface area (Å²) in [7, 11) is 1.77. The molecular formula is C20H21FN4O2. The van der Waals surface area contributed by atoms with Crippen LogP contribution in [-0.4, -0.2) is 37.9 Å². The van der Waals surface area contributed by atoms with E-state index in [-0.39, 0.29) is 23.9 Å². The Balaban J connectivity index is 1.55. The third-order valence-corrected chi connectivity index (χ3v) is 5.13. The van der Waals surface area contributed by atoms with E-state index < -0.39 is 0 Å². The van der Waals surface area contributed by atoms with Crippen LogP contribution in [0.2, 0.25) is 0 Å². The maximum absolute atomic E-state index is 14.3. The topological polar surface area (TPSA) is 80.0 Å². The van der Waals surface area contributed by atoms with Gasteiger partial charge in [-0.1, -0.05) is 6.07 Å². The zero-order chi connectivity index (χ0) is 19.0. The maximum Gasteiger partial charge on any atom is 0.270 e. The van der Waals surface area contributed by atoms with E-state index in [1.165, 1.54) is 6.07 Å². The fraction of sp³-hybridized carbons (Fsp3) is 0.350. The zero-order valence-corrected chi connectivity index (χ0v) is 15.0. The van der Waals surface area contributed by atoms with E-state index in [0.717, 1.165) is 12.8 Å². The highest BCUT2D eigenvalue weighted by atomic mass is 19.1. The van der Waals surface area contributed by atoms with Gasteiger partial charge in [-0.3, -0.25) is 14.5 Å². The summed E-state index contributed by atoms with van der Waals surface area (Å²) in [6, 6.07) is 8.30. The second kappa shape index (κ2) is 7.08. The van der Waals surface area contributed by atoms with Crippen LogP contribution < -0.4 is 5.32 Å². The van der Waals surface area contributed by atoms with Gasteiger partial charge in [0.15, 0.2) is 0 Å². The SMILES string of the molecule is Cn1nc(-c2ccc(C(=O)NC3CCC(O)CC3)nc2)c2c(F)cccc21. The minimum Gasteiger partial charge on any atom is -0.393 e. The van der Waals surface area contributed by atoms with Crippen molar-refractivity contribution in [2.75, 3.05) is 0 Å². The number of nitrogens with one attached hydrogen (secondary N) is 1. The van der Waals surface area contributed by atoms with Crippen molar-refractivity contribution in [3.05, 3.63) is 48.0 Å². The smallest absolute Gasteiger partial charge is 0.270 e. The fourth-order valence-corrected chi connectivity index (χ4v) is 3.62. The number of hydrogen-bond donors (Lipinski definition) is 2. The lowest BCUT2D eigenvalue weighted by atomic mass is 9.93. The number of pyridine rings is 1. The number of fused-ring (bicyclic) bond motifs is 1. The molecule has 1 aromatic carbocycles. The highest BCUT2D eigenvalue weighted by Gasteiger charge is 2.22. The number of aliphatic hydroxyl groups excluding tert-OH is 1. The van der Waals surface area contributed by atoms with Crippen molar-refractivity contribution in [1.82, 2.24) is 20.1 Å². The van der Waals surface area contributed by atoms with Gasteiger partial charge in [0.2, 0.25) is 0 Å². The normalized spacial score (nSPS) is 20.0. The average molecular weight is 368 g/mol. The molecule has 0 spiro atoms. The number of carbonyl (C=O) groups excluding carboxylic acids is 1. The number of nitrogens with zero attached hydrogens (tertiary/aromatic N) is 3. The molecule has 7 heteroatoms. The molecule has 0 atom stereocenters. The van der Waals surface area contributed by atoms with E-state index in [4.69, 9.17) is 0 Å². The molecule has 1 fully saturated rings. The van der Waals surface area contributed by atoms with Gasteiger partial charge in [0.05, 0.1) is 17.0 Å². The fourth-order valence-electron chi connectivity index (χ4n) is 3.62. The molecule has 0 radical (unpaired) electrons. The minimum absolute atomic E-state index is 0.0659. The number of benzene rings is 1. The summed E-state index contributed by atoms with van der Waals surface area (Å²) in [6.07, 6.45) is 4.23. The molecule has 140 valence electrons. The van der Waals surface area contributed by atoms with Crippen LogP contribution >= 0.6 is 0 Å². The van der Waals surface area contributed by atoms with Crippen molar-refractivity contribution in [3.8, 4) is 11.3 Å². The van der Waals surface area contributed by atoms with E-state index in [1.807, 2.05) is 6.07 Å². The van der Waals surface area contributed by atoms with E-state index in [2.05, 4.69) is 15.4 Å². The van der Waals surface area contributed by atoms with Gasteiger partial charge in [0.1, 0.15) is 17.2 Å². The molecule has 1 aliphatic rings. The van der Waals surface area contributed by atoms with E-state index in [0.29, 0.717) is 40.7 Å². The summed E-state index contributed by atoms with van der Waals surface area (Å²) < 4.78 is 15.9. The van der Waals surface area contributed by atoms with Crippen molar-refractivity contribution in [2.45, 2.75) is 37.8 Å². The Kier molecular flexibility index (Phi) is 4.61. The molecule has 2 N–H and O–H groups in total.